The maximum absolute atomic E-state index is 6.09. The number of halogens is 2. The molecule has 0 aliphatic heterocycles. The van der Waals surface area contributed by atoms with Gasteiger partial charge in [-0.2, -0.15) is 0 Å². The van der Waals surface area contributed by atoms with Gasteiger partial charge in [-0.05, 0) is 37.5 Å². The molecule has 21 heavy (non-hydrogen) atoms. The predicted molar refractivity (Wildman–Crippen MR) is 90.2 cm³/mol. The molecule has 0 aliphatic carbocycles. The molecule has 0 fully saturated rings. The lowest BCUT2D eigenvalue weighted by molar-refractivity contribution is 0.635. The Balaban J connectivity index is 2.45. The molecule has 1 N–H and O–H groups in total. The number of anilines is 1. The SMILES string of the molecule is CCNc1cc(CC(C)C)nc(-c2ccc(Cl)c(Cl)c2)n1. The predicted octanol–water partition coefficient (Wildman–Crippen LogP) is 5.08. The Bertz CT molecular complexity index is 627. The van der Waals surface area contributed by atoms with Gasteiger partial charge in [0, 0.05) is 23.9 Å². The maximum Gasteiger partial charge on any atom is 0.161 e. The van der Waals surface area contributed by atoms with E-state index in [2.05, 4.69) is 29.1 Å². The average Bonchev–Trinajstić information content (AvgIpc) is 2.41. The minimum Gasteiger partial charge on any atom is -0.370 e. The van der Waals surface area contributed by atoms with E-state index < -0.39 is 0 Å². The maximum atomic E-state index is 6.09. The van der Waals surface area contributed by atoms with Gasteiger partial charge in [0.1, 0.15) is 5.82 Å². The van der Waals surface area contributed by atoms with Gasteiger partial charge in [0.15, 0.2) is 5.82 Å². The van der Waals surface area contributed by atoms with Crippen LogP contribution in [0.1, 0.15) is 26.5 Å². The fraction of sp³-hybridized carbons (Fsp3) is 0.375. The van der Waals surface area contributed by atoms with Crippen molar-refractivity contribution in [3.05, 3.63) is 40.0 Å². The number of nitrogens with zero attached hydrogens (tertiary/aromatic N) is 2. The Morgan fingerprint density at radius 1 is 1.10 bits per heavy atom. The van der Waals surface area contributed by atoms with Crippen molar-refractivity contribution in [2.75, 3.05) is 11.9 Å². The van der Waals surface area contributed by atoms with Crippen LogP contribution in [-0.2, 0) is 6.42 Å². The molecule has 112 valence electrons. The monoisotopic (exact) mass is 323 g/mol. The number of aromatic nitrogens is 2. The van der Waals surface area contributed by atoms with Gasteiger partial charge in [0.2, 0.25) is 0 Å². The Labute approximate surface area is 135 Å². The molecule has 0 aliphatic rings. The van der Waals surface area contributed by atoms with E-state index in [1.807, 2.05) is 19.1 Å². The van der Waals surface area contributed by atoms with Gasteiger partial charge >= 0.3 is 0 Å². The Morgan fingerprint density at radius 3 is 2.48 bits per heavy atom. The minimum atomic E-state index is 0.511. The number of hydrogen-bond donors (Lipinski definition) is 1. The van der Waals surface area contributed by atoms with Gasteiger partial charge in [-0.15, -0.1) is 0 Å². The first-order valence-corrected chi connectivity index (χ1v) is 7.82. The third-order valence-electron chi connectivity index (χ3n) is 2.93. The highest BCUT2D eigenvalue weighted by molar-refractivity contribution is 6.42. The molecule has 1 heterocycles. The summed E-state index contributed by atoms with van der Waals surface area (Å²) in [6, 6.07) is 7.46. The molecule has 0 atom stereocenters. The van der Waals surface area contributed by atoms with Gasteiger partial charge in [-0.1, -0.05) is 37.0 Å². The molecule has 1 aromatic heterocycles. The number of rotatable bonds is 5. The highest BCUT2D eigenvalue weighted by Gasteiger charge is 2.09. The van der Waals surface area contributed by atoms with Crippen LogP contribution < -0.4 is 5.32 Å². The normalized spacial score (nSPS) is 11.0. The molecule has 2 aromatic rings. The van der Waals surface area contributed by atoms with E-state index in [0.717, 1.165) is 30.0 Å². The fourth-order valence-corrected chi connectivity index (χ4v) is 2.35. The molecule has 0 amide bonds. The van der Waals surface area contributed by atoms with E-state index >= 15 is 0 Å². The molecule has 0 radical (unpaired) electrons. The largest absolute Gasteiger partial charge is 0.370 e. The highest BCUT2D eigenvalue weighted by Crippen LogP contribution is 2.27. The van der Waals surface area contributed by atoms with Gasteiger partial charge in [-0.3, -0.25) is 0 Å². The minimum absolute atomic E-state index is 0.511. The van der Waals surface area contributed by atoms with E-state index in [1.54, 1.807) is 12.1 Å². The van der Waals surface area contributed by atoms with Crippen LogP contribution in [-0.4, -0.2) is 16.5 Å². The van der Waals surface area contributed by atoms with Crippen molar-refractivity contribution in [3.63, 3.8) is 0 Å². The summed E-state index contributed by atoms with van der Waals surface area (Å²) in [5.74, 6) is 2.04. The van der Waals surface area contributed by atoms with Crippen LogP contribution in [0.4, 0.5) is 5.82 Å². The summed E-state index contributed by atoms with van der Waals surface area (Å²) in [6.07, 6.45) is 0.912. The topological polar surface area (TPSA) is 37.8 Å². The van der Waals surface area contributed by atoms with Crippen molar-refractivity contribution in [2.45, 2.75) is 27.2 Å². The molecular weight excluding hydrogens is 305 g/mol. The Morgan fingerprint density at radius 2 is 1.86 bits per heavy atom. The molecular formula is C16H19Cl2N3. The molecule has 0 saturated heterocycles. The van der Waals surface area contributed by atoms with Crippen molar-refractivity contribution in [3.8, 4) is 11.4 Å². The molecule has 0 bridgehead atoms. The third kappa shape index (κ3) is 4.32. The average molecular weight is 324 g/mol. The standard InChI is InChI=1S/C16H19Cl2N3/c1-4-19-15-9-12(7-10(2)3)20-16(21-15)11-5-6-13(17)14(18)8-11/h5-6,8-10H,4,7H2,1-3H3,(H,19,20,21). The second-order valence-electron chi connectivity index (χ2n) is 5.33. The summed E-state index contributed by atoms with van der Waals surface area (Å²) >= 11 is 12.0. The fourth-order valence-electron chi connectivity index (χ4n) is 2.06. The zero-order valence-corrected chi connectivity index (χ0v) is 14.0. The highest BCUT2D eigenvalue weighted by atomic mass is 35.5. The molecule has 0 unspecified atom stereocenters. The Hall–Kier alpha value is -1.32. The third-order valence-corrected chi connectivity index (χ3v) is 3.67. The first kappa shape index (κ1) is 16.1. The van der Waals surface area contributed by atoms with Crippen molar-refractivity contribution >= 4 is 29.0 Å². The van der Waals surface area contributed by atoms with Crippen LogP contribution in [0, 0.1) is 5.92 Å². The number of hydrogen-bond acceptors (Lipinski definition) is 3. The first-order valence-electron chi connectivity index (χ1n) is 7.06. The lowest BCUT2D eigenvalue weighted by Gasteiger charge is -2.11. The summed E-state index contributed by atoms with van der Waals surface area (Å²) in [5, 5.41) is 4.29. The van der Waals surface area contributed by atoms with Gasteiger partial charge < -0.3 is 5.32 Å². The van der Waals surface area contributed by atoms with Gasteiger partial charge in [-0.25, -0.2) is 9.97 Å². The van der Waals surface area contributed by atoms with E-state index in [-0.39, 0.29) is 0 Å². The van der Waals surface area contributed by atoms with Crippen LogP contribution in [0.25, 0.3) is 11.4 Å². The van der Waals surface area contributed by atoms with Gasteiger partial charge in [0.05, 0.1) is 10.0 Å². The van der Waals surface area contributed by atoms with Crippen molar-refractivity contribution in [2.24, 2.45) is 5.92 Å². The van der Waals surface area contributed by atoms with E-state index in [1.165, 1.54) is 0 Å². The van der Waals surface area contributed by atoms with E-state index in [4.69, 9.17) is 23.2 Å². The zero-order valence-electron chi connectivity index (χ0n) is 12.5. The van der Waals surface area contributed by atoms with E-state index in [0.29, 0.717) is 21.8 Å². The van der Waals surface area contributed by atoms with Crippen LogP contribution in [0.2, 0.25) is 10.0 Å². The molecule has 5 heteroatoms. The van der Waals surface area contributed by atoms with Crippen molar-refractivity contribution < 1.29 is 0 Å². The van der Waals surface area contributed by atoms with Crippen LogP contribution in [0.5, 0.6) is 0 Å². The van der Waals surface area contributed by atoms with Crippen LogP contribution >= 0.6 is 23.2 Å². The molecule has 0 spiro atoms. The summed E-state index contributed by atoms with van der Waals surface area (Å²) in [7, 11) is 0. The van der Waals surface area contributed by atoms with Crippen molar-refractivity contribution in [1.29, 1.82) is 0 Å². The molecule has 3 nitrogen and oxygen atoms in total. The first-order chi connectivity index (χ1) is 9.99. The summed E-state index contributed by atoms with van der Waals surface area (Å²) < 4.78 is 0. The van der Waals surface area contributed by atoms with E-state index in [9.17, 15) is 0 Å². The lowest BCUT2D eigenvalue weighted by Crippen LogP contribution is -2.06. The van der Waals surface area contributed by atoms with Crippen LogP contribution in [0.3, 0.4) is 0 Å². The zero-order chi connectivity index (χ0) is 15.4. The van der Waals surface area contributed by atoms with Gasteiger partial charge in [0.25, 0.3) is 0 Å². The smallest absolute Gasteiger partial charge is 0.161 e. The number of nitrogens with one attached hydrogen (secondary N) is 1. The Kier molecular flexibility index (Phi) is 5.43. The molecule has 2 rings (SSSR count). The molecule has 0 saturated carbocycles. The molecule has 1 aromatic carbocycles. The summed E-state index contributed by atoms with van der Waals surface area (Å²) in [6.45, 7) is 7.21. The number of benzene rings is 1. The lowest BCUT2D eigenvalue weighted by atomic mass is 10.1. The summed E-state index contributed by atoms with van der Waals surface area (Å²) in [4.78, 5) is 9.19. The summed E-state index contributed by atoms with van der Waals surface area (Å²) in [5.41, 5.74) is 1.89. The quantitative estimate of drug-likeness (QED) is 0.833. The second-order valence-corrected chi connectivity index (χ2v) is 6.14. The second kappa shape index (κ2) is 7.10. The van der Waals surface area contributed by atoms with Crippen LogP contribution in [0.15, 0.2) is 24.3 Å². The van der Waals surface area contributed by atoms with Crippen molar-refractivity contribution in [1.82, 2.24) is 9.97 Å².